The largest absolute Gasteiger partial charge is 0.416 e. The molecule has 3 aromatic rings. The molecule has 0 aliphatic heterocycles. The number of aryl methyl sites for hydroxylation is 1. The zero-order valence-electron chi connectivity index (χ0n) is 15.8. The van der Waals surface area contributed by atoms with Gasteiger partial charge < -0.3 is 5.73 Å². The van der Waals surface area contributed by atoms with Gasteiger partial charge in [0.25, 0.3) is 5.91 Å². The second kappa shape index (κ2) is 8.66. The van der Waals surface area contributed by atoms with Crippen molar-refractivity contribution in [3.05, 3.63) is 64.7 Å². The molecule has 1 aromatic carbocycles. The lowest BCUT2D eigenvalue weighted by Crippen LogP contribution is -2.14. The third-order valence-corrected chi connectivity index (χ3v) is 4.41. The lowest BCUT2D eigenvalue weighted by atomic mass is 10.0. The lowest BCUT2D eigenvalue weighted by molar-refractivity contribution is -0.137. The van der Waals surface area contributed by atoms with Crippen molar-refractivity contribution in [2.45, 2.75) is 25.9 Å². The molecule has 0 bridgehead atoms. The average Bonchev–Trinajstić information content (AvgIpc) is 3.15. The molecule has 10 heteroatoms. The summed E-state index contributed by atoms with van der Waals surface area (Å²) in [6.07, 6.45) is 0.684. The third kappa shape index (κ3) is 5.04. The maximum Gasteiger partial charge on any atom is 0.416 e. The maximum absolute atomic E-state index is 13.3. The number of amides is 1. The molecular weight excluding hydrogens is 419 g/mol. The highest BCUT2D eigenvalue weighted by molar-refractivity contribution is 6.29. The number of benzene rings is 1. The topological polar surface area (TPSA) is 86.7 Å². The third-order valence-electron chi connectivity index (χ3n) is 4.19. The van der Waals surface area contributed by atoms with E-state index in [2.05, 4.69) is 15.1 Å². The van der Waals surface area contributed by atoms with E-state index in [0.29, 0.717) is 24.0 Å². The van der Waals surface area contributed by atoms with Crippen LogP contribution in [0.25, 0.3) is 23.2 Å². The molecule has 2 aromatic heterocycles. The lowest BCUT2D eigenvalue weighted by Gasteiger charge is -2.10. The smallest absolute Gasteiger partial charge is 0.366 e. The molecule has 0 fully saturated rings. The maximum atomic E-state index is 13.3. The summed E-state index contributed by atoms with van der Waals surface area (Å²) in [5, 5.41) is 4.43. The van der Waals surface area contributed by atoms with Gasteiger partial charge in [0, 0.05) is 23.5 Å². The van der Waals surface area contributed by atoms with Crippen molar-refractivity contribution in [2.75, 3.05) is 0 Å². The number of rotatable bonds is 6. The summed E-state index contributed by atoms with van der Waals surface area (Å²) in [5.74, 6) is -0.645. The van der Waals surface area contributed by atoms with Crippen LogP contribution in [0.2, 0.25) is 5.15 Å². The predicted molar refractivity (Wildman–Crippen MR) is 107 cm³/mol. The van der Waals surface area contributed by atoms with Crippen molar-refractivity contribution in [1.29, 1.82) is 0 Å². The highest BCUT2D eigenvalue weighted by Crippen LogP contribution is 2.33. The number of aromatic nitrogens is 4. The molecule has 156 valence electrons. The number of hydrogen-bond donors (Lipinski definition) is 1. The van der Waals surface area contributed by atoms with Gasteiger partial charge >= 0.3 is 6.18 Å². The van der Waals surface area contributed by atoms with Crippen molar-refractivity contribution in [1.82, 2.24) is 19.7 Å². The van der Waals surface area contributed by atoms with E-state index >= 15 is 0 Å². The van der Waals surface area contributed by atoms with Crippen molar-refractivity contribution in [2.24, 2.45) is 5.73 Å². The van der Waals surface area contributed by atoms with Gasteiger partial charge in [0.2, 0.25) is 0 Å². The van der Waals surface area contributed by atoms with Crippen LogP contribution in [0.15, 0.2) is 42.9 Å². The summed E-state index contributed by atoms with van der Waals surface area (Å²) in [6.45, 7) is 1.88. The zero-order valence-corrected chi connectivity index (χ0v) is 16.6. The highest BCUT2D eigenvalue weighted by atomic mass is 35.5. The van der Waals surface area contributed by atoms with Gasteiger partial charge in [-0.05, 0) is 42.3 Å². The average molecular weight is 436 g/mol. The van der Waals surface area contributed by atoms with Gasteiger partial charge in [0.05, 0.1) is 11.1 Å². The number of hydrogen-bond acceptors (Lipinski definition) is 4. The van der Waals surface area contributed by atoms with E-state index in [9.17, 15) is 18.0 Å². The fourth-order valence-electron chi connectivity index (χ4n) is 2.83. The van der Waals surface area contributed by atoms with Crippen LogP contribution in [0, 0.1) is 0 Å². The molecule has 2 N–H and O–H groups in total. The quantitative estimate of drug-likeness (QED) is 0.458. The van der Waals surface area contributed by atoms with Crippen LogP contribution in [0.4, 0.5) is 13.2 Å². The second-order valence-corrected chi connectivity index (χ2v) is 6.88. The standard InChI is InChI=1S/C20H17ClF3N5O/c1-2-3-12-6-14(8-15(7-12)20(22,23)24)19-27-11-29(28-19)10-16(18(25)30)13-4-5-17(21)26-9-13/h4-11H,2-3H2,1H3,(H2,25,30)/b16-10-. The Hall–Kier alpha value is -3.20. The molecule has 0 atom stereocenters. The Morgan fingerprint density at radius 3 is 2.60 bits per heavy atom. The summed E-state index contributed by atoms with van der Waals surface area (Å²) < 4.78 is 41.0. The number of primary amides is 1. The van der Waals surface area contributed by atoms with E-state index < -0.39 is 17.6 Å². The Kier molecular flexibility index (Phi) is 6.21. The first-order chi connectivity index (χ1) is 14.2. The first-order valence-corrected chi connectivity index (χ1v) is 9.31. The first-order valence-electron chi connectivity index (χ1n) is 8.93. The summed E-state index contributed by atoms with van der Waals surface area (Å²) in [5.41, 5.74) is 5.95. The van der Waals surface area contributed by atoms with E-state index in [1.54, 1.807) is 12.1 Å². The molecule has 0 unspecified atom stereocenters. The van der Waals surface area contributed by atoms with E-state index in [1.165, 1.54) is 29.5 Å². The molecule has 0 spiro atoms. The molecule has 2 heterocycles. The summed E-state index contributed by atoms with van der Waals surface area (Å²) in [6, 6.07) is 6.81. The molecular formula is C20H17ClF3N5O. The van der Waals surface area contributed by atoms with E-state index in [-0.39, 0.29) is 22.1 Å². The van der Waals surface area contributed by atoms with Gasteiger partial charge in [-0.25, -0.2) is 14.6 Å². The molecule has 0 saturated carbocycles. The van der Waals surface area contributed by atoms with Crippen molar-refractivity contribution >= 4 is 29.3 Å². The molecule has 3 rings (SSSR count). The Morgan fingerprint density at radius 2 is 2.00 bits per heavy atom. The number of nitrogens with zero attached hydrogens (tertiary/aromatic N) is 4. The van der Waals surface area contributed by atoms with Crippen molar-refractivity contribution < 1.29 is 18.0 Å². The van der Waals surface area contributed by atoms with E-state index in [1.807, 2.05) is 6.92 Å². The normalized spacial score (nSPS) is 12.2. The molecule has 0 saturated heterocycles. The molecule has 1 amide bonds. The Labute approximate surface area is 175 Å². The molecule has 6 nitrogen and oxygen atoms in total. The summed E-state index contributed by atoms with van der Waals surface area (Å²) in [4.78, 5) is 19.8. The predicted octanol–water partition coefficient (Wildman–Crippen LogP) is 4.45. The van der Waals surface area contributed by atoms with Crippen LogP contribution in [0.3, 0.4) is 0 Å². The number of nitrogens with two attached hydrogens (primary N) is 1. The van der Waals surface area contributed by atoms with Gasteiger partial charge in [-0.15, -0.1) is 5.10 Å². The summed E-state index contributed by atoms with van der Waals surface area (Å²) >= 11 is 5.75. The minimum atomic E-state index is -4.48. The fourth-order valence-corrected chi connectivity index (χ4v) is 2.95. The summed E-state index contributed by atoms with van der Waals surface area (Å²) in [7, 11) is 0. The van der Waals surface area contributed by atoms with Crippen LogP contribution in [0.1, 0.15) is 30.0 Å². The van der Waals surface area contributed by atoms with Crippen LogP contribution in [0.5, 0.6) is 0 Å². The van der Waals surface area contributed by atoms with Crippen LogP contribution < -0.4 is 5.73 Å². The molecule has 0 aliphatic carbocycles. The van der Waals surface area contributed by atoms with Gasteiger partial charge in [-0.2, -0.15) is 13.2 Å². The van der Waals surface area contributed by atoms with E-state index in [4.69, 9.17) is 17.3 Å². The number of pyridine rings is 1. The second-order valence-electron chi connectivity index (χ2n) is 6.49. The number of carbonyl (C=O) groups excluding carboxylic acids is 1. The van der Waals surface area contributed by atoms with E-state index in [0.717, 1.165) is 12.1 Å². The van der Waals surface area contributed by atoms with Gasteiger partial charge in [0.15, 0.2) is 5.82 Å². The van der Waals surface area contributed by atoms with Crippen molar-refractivity contribution in [3.63, 3.8) is 0 Å². The van der Waals surface area contributed by atoms with Gasteiger partial charge in [0.1, 0.15) is 11.5 Å². The SMILES string of the molecule is CCCc1cc(-c2ncn(/C=C(\C(N)=O)c3ccc(Cl)nc3)n2)cc(C(F)(F)F)c1. The van der Waals surface area contributed by atoms with Crippen LogP contribution >= 0.6 is 11.6 Å². The fraction of sp³-hybridized carbons (Fsp3) is 0.200. The van der Waals surface area contributed by atoms with Crippen LogP contribution in [-0.2, 0) is 17.4 Å². The highest BCUT2D eigenvalue weighted by Gasteiger charge is 2.31. The number of carbonyl (C=O) groups is 1. The molecule has 0 aliphatic rings. The monoisotopic (exact) mass is 435 g/mol. The Balaban J connectivity index is 2.01. The van der Waals surface area contributed by atoms with Gasteiger partial charge in [-0.3, -0.25) is 4.79 Å². The Bertz CT molecular complexity index is 1090. The zero-order chi connectivity index (χ0) is 21.9. The minimum Gasteiger partial charge on any atom is -0.366 e. The molecule has 0 radical (unpaired) electrons. The minimum absolute atomic E-state index is 0.0892. The van der Waals surface area contributed by atoms with Crippen LogP contribution in [-0.4, -0.2) is 25.7 Å². The number of halogens is 4. The van der Waals surface area contributed by atoms with Gasteiger partial charge in [-0.1, -0.05) is 24.9 Å². The Morgan fingerprint density at radius 1 is 1.23 bits per heavy atom. The van der Waals surface area contributed by atoms with Crippen molar-refractivity contribution in [3.8, 4) is 11.4 Å². The molecule has 30 heavy (non-hydrogen) atoms. The number of alkyl halides is 3. The first kappa shape index (κ1) is 21.5.